The maximum Gasteiger partial charge on any atom is 0.416 e. The molecule has 0 saturated heterocycles. The average molecular weight is 345 g/mol. The monoisotopic (exact) mass is 345 g/mol. The van der Waals surface area contributed by atoms with Gasteiger partial charge in [-0.25, -0.2) is 13.1 Å². The van der Waals surface area contributed by atoms with Crippen molar-refractivity contribution in [3.8, 4) is 5.75 Å². The van der Waals surface area contributed by atoms with E-state index in [0.717, 1.165) is 18.2 Å². The third-order valence-corrected chi connectivity index (χ3v) is 4.50. The second-order valence-electron chi connectivity index (χ2n) is 4.70. The summed E-state index contributed by atoms with van der Waals surface area (Å²) >= 11 is 0. The predicted molar refractivity (Wildman–Crippen MR) is 78.5 cm³/mol. The van der Waals surface area contributed by atoms with E-state index in [1.54, 1.807) is 24.3 Å². The van der Waals surface area contributed by atoms with Crippen LogP contribution in [0.5, 0.6) is 5.75 Å². The first-order chi connectivity index (χ1) is 10.7. The van der Waals surface area contributed by atoms with Crippen molar-refractivity contribution < 1.29 is 26.3 Å². The largest absolute Gasteiger partial charge is 0.497 e. The van der Waals surface area contributed by atoms with E-state index in [-0.39, 0.29) is 6.54 Å². The van der Waals surface area contributed by atoms with Crippen molar-refractivity contribution in [3.05, 3.63) is 59.7 Å². The van der Waals surface area contributed by atoms with Gasteiger partial charge in [0, 0.05) is 6.54 Å². The van der Waals surface area contributed by atoms with E-state index < -0.39 is 26.7 Å². The van der Waals surface area contributed by atoms with Crippen molar-refractivity contribution in [1.29, 1.82) is 0 Å². The minimum atomic E-state index is -4.60. The second-order valence-corrected chi connectivity index (χ2v) is 6.47. The van der Waals surface area contributed by atoms with Crippen molar-refractivity contribution in [1.82, 2.24) is 4.72 Å². The van der Waals surface area contributed by atoms with Crippen molar-refractivity contribution in [2.75, 3.05) is 7.11 Å². The molecule has 0 heterocycles. The lowest BCUT2D eigenvalue weighted by Crippen LogP contribution is -2.23. The summed E-state index contributed by atoms with van der Waals surface area (Å²) in [5.41, 5.74) is -0.355. The molecule has 0 fully saturated rings. The molecule has 0 amide bonds. The SMILES string of the molecule is COc1ccc(CNS(=O)(=O)c2cccc(C(F)(F)F)c2)cc1. The van der Waals surface area contributed by atoms with Crippen LogP contribution in [-0.2, 0) is 22.7 Å². The van der Waals surface area contributed by atoms with Gasteiger partial charge in [0.1, 0.15) is 5.75 Å². The molecule has 0 saturated carbocycles. The van der Waals surface area contributed by atoms with Gasteiger partial charge >= 0.3 is 6.18 Å². The summed E-state index contributed by atoms with van der Waals surface area (Å²) in [6.45, 7) is -0.0391. The van der Waals surface area contributed by atoms with Gasteiger partial charge in [-0.05, 0) is 35.9 Å². The fourth-order valence-corrected chi connectivity index (χ4v) is 2.91. The maximum absolute atomic E-state index is 12.7. The first-order valence-corrected chi connectivity index (χ1v) is 8.00. The molecule has 8 heteroatoms. The highest BCUT2D eigenvalue weighted by Crippen LogP contribution is 2.30. The van der Waals surface area contributed by atoms with Crippen molar-refractivity contribution >= 4 is 10.0 Å². The number of benzene rings is 2. The minimum Gasteiger partial charge on any atom is -0.497 e. The highest BCUT2D eigenvalue weighted by Gasteiger charge is 2.31. The number of alkyl halides is 3. The fraction of sp³-hybridized carbons (Fsp3) is 0.200. The molecule has 2 rings (SSSR count). The number of sulfonamides is 1. The number of nitrogens with one attached hydrogen (secondary N) is 1. The van der Waals surface area contributed by atoms with E-state index in [1.165, 1.54) is 7.11 Å². The van der Waals surface area contributed by atoms with Crippen molar-refractivity contribution in [3.63, 3.8) is 0 Å². The van der Waals surface area contributed by atoms with E-state index in [1.807, 2.05) is 0 Å². The van der Waals surface area contributed by atoms with Crippen LogP contribution >= 0.6 is 0 Å². The Morgan fingerprint density at radius 1 is 1.09 bits per heavy atom. The summed E-state index contributed by atoms with van der Waals surface area (Å²) in [4.78, 5) is -0.430. The van der Waals surface area contributed by atoms with Crippen LogP contribution in [-0.4, -0.2) is 15.5 Å². The molecule has 1 N–H and O–H groups in total. The Hall–Kier alpha value is -2.06. The summed E-state index contributed by atoms with van der Waals surface area (Å²) in [6.07, 6.45) is -4.60. The van der Waals surface area contributed by atoms with Gasteiger partial charge in [-0.1, -0.05) is 18.2 Å². The Bertz CT molecular complexity index is 771. The van der Waals surface area contributed by atoms with E-state index in [9.17, 15) is 21.6 Å². The lowest BCUT2D eigenvalue weighted by Gasteiger charge is -2.10. The van der Waals surface area contributed by atoms with Crippen LogP contribution in [0.3, 0.4) is 0 Å². The van der Waals surface area contributed by atoms with Crippen LogP contribution in [0.4, 0.5) is 13.2 Å². The number of methoxy groups -OCH3 is 1. The molecule has 0 aliphatic carbocycles. The van der Waals surface area contributed by atoms with Gasteiger partial charge in [0.15, 0.2) is 0 Å². The average Bonchev–Trinajstić information content (AvgIpc) is 2.53. The number of ether oxygens (including phenoxy) is 1. The Morgan fingerprint density at radius 3 is 2.30 bits per heavy atom. The van der Waals surface area contributed by atoms with E-state index >= 15 is 0 Å². The normalized spacial score (nSPS) is 12.2. The summed E-state index contributed by atoms with van der Waals surface area (Å²) in [5, 5.41) is 0. The maximum atomic E-state index is 12.7. The predicted octanol–water partition coefficient (Wildman–Crippen LogP) is 3.19. The summed E-state index contributed by atoms with van der Waals surface area (Å²) in [5.74, 6) is 0.620. The molecule has 0 aliphatic rings. The van der Waals surface area contributed by atoms with Gasteiger partial charge in [-0.3, -0.25) is 0 Å². The quantitative estimate of drug-likeness (QED) is 0.905. The molecular formula is C15H14F3NO3S. The number of halogens is 3. The highest BCUT2D eigenvalue weighted by atomic mass is 32.2. The summed E-state index contributed by atoms with van der Waals surface area (Å²) < 4.78 is 69.4. The van der Waals surface area contributed by atoms with Crippen LogP contribution in [0.25, 0.3) is 0 Å². The molecule has 2 aromatic carbocycles. The van der Waals surface area contributed by atoms with Crippen LogP contribution in [0.2, 0.25) is 0 Å². The lowest BCUT2D eigenvalue weighted by atomic mass is 10.2. The molecule has 0 atom stereocenters. The molecule has 0 bridgehead atoms. The number of hydrogen-bond donors (Lipinski definition) is 1. The smallest absolute Gasteiger partial charge is 0.416 e. The van der Waals surface area contributed by atoms with E-state index in [2.05, 4.69) is 4.72 Å². The van der Waals surface area contributed by atoms with E-state index in [0.29, 0.717) is 17.4 Å². The Balaban J connectivity index is 2.15. The van der Waals surface area contributed by atoms with Gasteiger partial charge in [0.05, 0.1) is 17.6 Å². The van der Waals surface area contributed by atoms with Gasteiger partial charge < -0.3 is 4.74 Å². The molecule has 0 aliphatic heterocycles. The zero-order valence-corrected chi connectivity index (χ0v) is 12.9. The zero-order chi connectivity index (χ0) is 17.1. The number of hydrogen-bond acceptors (Lipinski definition) is 3. The Morgan fingerprint density at radius 2 is 1.74 bits per heavy atom. The minimum absolute atomic E-state index is 0.0391. The van der Waals surface area contributed by atoms with Crippen molar-refractivity contribution in [2.24, 2.45) is 0 Å². The van der Waals surface area contributed by atoms with Gasteiger partial charge in [-0.15, -0.1) is 0 Å². The molecule has 4 nitrogen and oxygen atoms in total. The molecule has 0 radical (unpaired) electrons. The zero-order valence-electron chi connectivity index (χ0n) is 12.1. The molecular weight excluding hydrogens is 331 g/mol. The molecule has 0 spiro atoms. The molecule has 0 aromatic heterocycles. The van der Waals surface area contributed by atoms with E-state index in [4.69, 9.17) is 4.74 Å². The van der Waals surface area contributed by atoms with Crippen molar-refractivity contribution in [2.45, 2.75) is 17.6 Å². The third-order valence-electron chi connectivity index (χ3n) is 3.10. The van der Waals surface area contributed by atoms with Gasteiger partial charge in [-0.2, -0.15) is 13.2 Å². The second kappa shape index (κ2) is 6.59. The first-order valence-electron chi connectivity index (χ1n) is 6.52. The van der Waals surface area contributed by atoms with Crippen LogP contribution < -0.4 is 9.46 Å². The van der Waals surface area contributed by atoms with Crippen LogP contribution in [0.1, 0.15) is 11.1 Å². The van der Waals surface area contributed by atoms with Crippen LogP contribution in [0.15, 0.2) is 53.4 Å². The highest BCUT2D eigenvalue weighted by molar-refractivity contribution is 7.89. The van der Waals surface area contributed by atoms with Gasteiger partial charge in [0.25, 0.3) is 0 Å². The summed E-state index contributed by atoms with van der Waals surface area (Å²) in [6, 6.07) is 10.2. The molecule has 0 unspecified atom stereocenters. The first kappa shape index (κ1) is 17.3. The summed E-state index contributed by atoms with van der Waals surface area (Å²) in [7, 11) is -2.53. The molecule has 23 heavy (non-hydrogen) atoms. The van der Waals surface area contributed by atoms with Crippen LogP contribution in [0, 0.1) is 0 Å². The lowest BCUT2D eigenvalue weighted by molar-refractivity contribution is -0.137. The van der Waals surface area contributed by atoms with Gasteiger partial charge in [0.2, 0.25) is 10.0 Å². The molecule has 2 aromatic rings. The standard InChI is InChI=1S/C15H14F3NO3S/c1-22-13-7-5-11(6-8-13)10-19-23(20,21)14-4-2-3-12(9-14)15(16,17)18/h2-9,19H,10H2,1H3. The number of rotatable bonds is 5. The molecule has 124 valence electrons. The fourth-order valence-electron chi connectivity index (χ4n) is 1.84. The Labute approximate surface area is 132 Å². The third kappa shape index (κ3) is 4.46. The Kier molecular flexibility index (Phi) is 4.96. The topological polar surface area (TPSA) is 55.4 Å².